The molecular formula is C15H20N2O3. The molecule has 1 saturated heterocycles. The van der Waals surface area contributed by atoms with Gasteiger partial charge < -0.3 is 10.1 Å². The average Bonchev–Trinajstić information content (AvgIpc) is 2.72. The van der Waals surface area contributed by atoms with Crippen molar-refractivity contribution in [2.24, 2.45) is 5.92 Å². The molecular weight excluding hydrogens is 256 g/mol. The highest BCUT2D eigenvalue weighted by molar-refractivity contribution is 6.11. The van der Waals surface area contributed by atoms with Gasteiger partial charge in [0, 0.05) is 6.54 Å². The Labute approximate surface area is 119 Å². The lowest BCUT2D eigenvalue weighted by Gasteiger charge is -2.26. The summed E-state index contributed by atoms with van der Waals surface area (Å²) in [5, 5.41) is 2.64. The van der Waals surface area contributed by atoms with Crippen LogP contribution in [0.1, 0.15) is 32.6 Å². The standard InChI is InChI=1S/C15H20N2O3/c1-3-9-20-12-7-5-11(6-8-12)10-13-14(18)17(4-2)15(19)16-13/h1,10-12H,4-9H2,2H3,(H,16,19)/b13-10-. The number of carbonyl (C=O) groups excluding carboxylic acids is 2. The first kappa shape index (κ1) is 14.6. The zero-order valence-corrected chi connectivity index (χ0v) is 11.7. The van der Waals surface area contributed by atoms with E-state index in [0.29, 0.717) is 24.8 Å². The lowest BCUT2D eigenvalue weighted by atomic mass is 9.86. The number of likely N-dealkylation sites (N-methyl/N-ethyl adjacent to an activating group) is 1. The zero-order valence-electron chi connectivity index (χ0n) is 11.7. The van der Waals surface area contributed by atoms with Crippen LogP contribution in [-0.2, 0) is 9.53 Å². The molecule has 20 heavy (non-hydrogen) atoms. The lowest BCUT2D eigenvalue weighted by Crippen LogP contribution is -2.30. The summed E-state index contributed by atoms with van der Waals surface area (Å²) in [4.78, 5) is 24.7. The monoisotopic (exact) mass is 276 g/mol. The highest BCUT2D eigenvalue weighted by Crippen LogP contribution is 2.28. The Morgan fingerprint density at radius 1 is 1.40 bits per heavy atom. The van der Waals surface area contributed by atoms with Gasteiger partial charge in [0.05, 0.1) is 6.10 Å². The third-order valence-electron chi connectivity index (χ3n) is 3.80. The number of terminal acetylenes is 1. The van der Waals surface area contributed by atoms with Crippen molar-refractivity contribution in [1.82, 2.24) is 10.2 Å². The number of nitrogens with one attached hydrogen (secondary N) is 1. The SMILES string of the molecule is C#CCOC1CCC(/C=C2\NC(=O)N(CC)C2=O)CC1. The van der Waals surface area contributed by atoms with E-state index in [1.165, 1.54) is 4.90 Å². The third-order valence-corrected chi connectivity index (χ3v) is 3.80. The molecule has 1 N–H and O–H groups in total. The maximum atomic E-state index is 12.0. The summed E-state index contributed by atoms with van der Waals surface area (Å²) in [6, 6.07) is -0.324. The van der Waals surface area contributed by atoms with E-state index in [4.69, 9.17) is 11.2 Å². The first-order valence-corrected chi connectivity index (χ1v) is 7.05. The number of nitrogens with zero attached hydrogens (tertiary/aromatic N) is 1. The number of hydrogen-bond acceptors (Lipinski definition) is 3. The van der Waals surface area contributed by atoms with Crippen molar-refractivity contribution in [2.45, 2.75) is 38.7 Å². The van der Waals surface area contributed by atoms with Crippen LogP contribution in [0, 0.1) is 18.3 Å². The van der Waals surface area contributed by atoms with Crippen molar-refractivity contribution in [1.29, 1.82) is 0 Å². The van der Waals surface area contributed by atoms with Gasteiger partial charge in [-0.1, -0.05) is 12.0 Å². The Morgan fingerprint density at radius 3 is 2.65 bits per heavy atom. The van der Waals surface area contributed by atoms with E-state index in [1.807, 2.05) is 6.08 Å². The van der Waals surface area contributed by atoms with Crippen molar-refractivity contribution in [2.75, 3.05) is 13.2 Å². The second-order valence-corrected chi connectivity index (χ2v) is 5.11. The van der Waals surface area contributed by atoms with Gasteiger partial charge in [0.15, 0.2) is 0 Å². The molecule has 0 atom stereocenters. The summed E-state index contributed by atoms with van der Waals surface area (Å²) in [7, 11) is 0. The molecule has 0 aromatic carbocycles. The van der Waals surface area contributed by atoms with E-state index in [2.05, 4.69) is 11.2 Å². The van der Waals surface area contributed by atoms with Crippen LogP contribution >= 0.6 is 0 Å². The Hall–Kier alpha value is -1.80. The van der Waals surface area contributed by atoms with Crippen LogP contribution in [0.25, 0.3) is 0 Å². The molecule has 2 aliphatic rings. The molecule has 1 saturated carbocycles. The molecule has 5 nitrogen and oxygen atoms in total. The molecule has 3 amide bonds. The molecule has 0 bridgehead atoms. The van der Waals surface area contributed by atoms with E-state index < -0.39 is 0 Å². The molecule has 0 spiro atoms. The molecule has 2 fully saturated rings. The lowest BCUT2D eigenvalue weighted by molar-refractivity contribution is -0.122. The average molecular weight is 276 g/mol. The maximum Gasteiger partial charge on any atom is 0.328 e. The first-order valence-electron chi connectivity index (χ1n) is 7.05. The van der Waals surface area contributed by atoms with Gasteiger partial charge in [0.1, 0.15) is 12.3 Å². The molecule has 1 aliphatic heterocycles. The molecule has 0 aromatic rings. The van der Waals surface area contributed by atoms with Gasteiger partial charge in [-0.2, -0.15) is 0 Å². The van der Waals surface area contributed by atoms with Gasteiger partial charge in [0.25, 0.3) is 5.91 Å². The van der Waals surface area contributed by atoms with Gasteiger partial charge in [0.2, 0.25) is 0 Å². The molecule has 2 rings (SSSR count). The number of rotatable bonds is 4. The highest BCUT2D eigenvalue weighted by Gasteiger charge is 2.33. The number of urea groups is 1. The summed E-state index contributed by atoms with van der Waals surface area (Å²) >= 11 is 0. The summed E-state index contributed by atoms with van der Waals surface area (Å²) < 4.78 is 5.52. The normalized spacial score (nSPS) is 28.6. The predicted octanol–water partition coefficient (Wildman–Crippen LogP) is 1.65. The van der Waals surface area contributed by atoms with Crippen LogP contribution in [-0.4, -0.2) is 36.1 Å². The molecule has 5 heteroatoms. The summed E-state index contributed by atoms with van der Waals surface area (Å²) in [6.45, 7) is 2.54. The highest BCUT2D eigenvalue weighted by atomic mass is 16.5. The number of hydrogen-bond donors (Lipinski definition) is 1. The largest absolute Gasteiger partial charge is 0.366 e. The minimum atomic E-state index is -0.324. The molecule has 0 radical (unpaired) electrons. The Kier molecular flexibility index (Phi) is 4.80. The van der Waals surface area contributed by atoms with Crippen LogP contribution in [0.15, 0.2) is 11.8 Å². The fourth-order valence-electron chi connectivity index (χ4n) is 2.70. The fraction of sp³-hybridized carbons (Fsp3) is 0.600. The summed E-state index contributed by atoms with van der Waals surface area (Å²) in [5.74, 6) is 2.57. The maximum absolute atomic E-state index is 12.0. The third kappa shape index (κ3) is 3.20. The second kappa shape index (κ2) is 6.58. The van der Waals surface area contributed by atoms with E-state index in [0.717, 1.165) is 25.7 Å². The number of amides is 3. The van der Waals surface area contributed by atoms with Gasteiger partial charge in [-0.3, -0.25) is 9.69 Å². The van der Waals surface area contributed by atoms with Gasteiger partial charge >= 0.3 is 6.03 Å². The minimum absolute atomic E-state index is 0.219. The van der Waals surface area contributed by atoms with Crippen LogP contribution in [0.3, 0.4) is 0 Å². The topological polar surface area (TPSA) is 58.6 Å². The van der Waals surface area contributed by atoms with Crippen molar-refractivity contribution in [3.8, 4) is 12.3 Å². The Balaban J connectivity index is 1.89. The summed E-state index contributed by atoms with van der Waals surface area (Å²) in [6.07, 6.45) is 11.1. The summed E-state index contributed by atoms with van der Waals surface area (Å²) in [5.41, 5.74) is 0.421. The Morgan fingerprint density at radius 2 is 2.10 bits per heavy atom. The van der Waals surface area contributed by atoms with E-state index in [9.17, 15) is 9.59 Å². The van der Waals surface area contributed by atoms with Crippen molar-refractivity contribution < 1.29 is 14.3 Å². The molecule has 1 heterocycles. The second-order valence-electron chi connectivity index (χ2n) is 5.11. The fourth-order valence-corrected chi connectivity index (χ4v) is 2.70. The molecule has 1 aliphatic carbocycles. The van der Waals surface area contributed by atoms with E-state index >= 15 is 0 Å². The van der Waals surface area contributed by atoms with Gasteiger partial charge in [-0.25, -0.2) is 4.79 Å². The molecule has 108 valence electrons. The number of carbonyl (C=O) groups is 2. The van der Waals surface area contributed by atoms with Gasteiger partial charge in [-0.05, 0) is 38.5 Å². The van der Waals surface area contributed by atoms with Crippen LogP contribution in [0.4, 0.5) is 4.79 Å². The smallest absolute Gasteiger partial charge is 0.328 e. The van der Waals surface area contributed by atoms with Crippen LogP contribution < -0.4 is 5.32 Å². The van der Waals surface area contributed by atoms with Gasteiger partial charge in [-0.15, -0.1) is 6.42 Å². The Bertz CT molecular complexity index is 456. The number of ether oxygens (including phenoxy) is 1. The van der Waals surface area contributed by atoms with Crippen molar-refractivity contribution in [3.05, 3.63) is 11.8 Å². The zero-order chi connectivity index (χ0) is 14.5. The van der Waals surface area contributed by atoms with Crippen LogP contribution in [0.2, 0.25) is 0 Å². The van der Waals surface area contributed by atoms with E-state index in [1.54, 1.807) is 6.92 Å². The quantitative estimate of drug-likeness (QED) is 0.482. The molecule has 0 unspecified atom stereocenters. The molecule has 0 aromatic heterocycles. The minimum Gasteiger partial charge on any atom is -0.366 e. The first-order chi connectivity index (χ1) is 9.65. The van der Waals surface area contributed by atoms with Crippen LogP contribution in [0.5, 0.6) is 0 Å². The van der Waals surface area contributed by atoms with E-state index in [-0.39, 0.29) is 18.0 Å². The van der Waals surface area contributed by atoms with Crippen molar-refractivity contribution >= 4 is 11.9 Å². The predicted molar refractivity (Wildman–Crippen MR) is 74.5 cm³/mol. The number of imide groups is 1. The van der Waals surface area contributed by atoms with Crippen molar-refractivity contribution in [3.63, 3.8) is 0 Å². The number of allylic oxidation sites excluding steroid dienone is 1.